The van der Waals surface area contributed by atoms with Crippen molar-refractivity contribution in [1.29, 1.82) is 0 Å². The van der Waals surface area contributed by atoms with E-state index in [4.69, 9.17) is 0 Å². The number of nitrogens with one attached hydrogen (secondary N) is 2. The Labute approximate surface area is 151 Å². The van der Waals surface area contributed by atoms with Gasteiger partial charge in [-0.05, 0) is 54.4 Å². The highest BCUT2D eigenvalue weighted by atomic mass is 32.2. The van der Waals surface area contributed by atoms with Crippen LogP contribution < -0.4 is 10.0 Å². The summed E-state index contributed by atoms with van der Waals surface area (Å²) in [5, 5.41) is 10.9. The first kappa shape index (κ1) is 17.8. The summed E-state index contributed by atoms with van der Waals surface area (Å²) < 4.78 is 40.0. The summed E-state index contributed by atoms with van der Waals surface area (Å²) in [5.74, 6) is 0.311. The number of nitrogens with zero attached hydrogens (tertiary/aromatic N) is 2. The topological polar surface area (TPSA) is 84.0 Å². The molecular formula is C18H17FN4O2S. The molecule has 0 amide bonds. The summed E-state index contributed by atoms with van der Waals surface area (Å²) >= 11 is 0. The second-order valence-corrected chi connectivity index (χ2v) is 7.39. The summed E-state index contributed by atoms with van der Waals surface area (Å²) in [6.07, 6.45) is 0. The molecule has 0 atom stereocenters. The lowest BCUT2D eigenvalue weighted by Crippen LogP contribution is -2.14. The molecular weight excluding hydrogens is 355 g/mol. The van der Waals surface area contributed by atoms with Crippen molar-refractivity contribution in [2.75, 3.05) is 10.0 Å². The van der Waals surface area contributed by atoms with E-state index in [1.165, 1.54) is 24.3 Å². The van der Waals surface area contributed by atoms with Gasteiger partial charge in [0.1, 0.15) is 11.6 Å². The van der Waals surface area contributed by atoms with Crippen LogP contribution >= 0.6 is 0 Å². The van der Waals surface area contributed by atoms with Gasteiger partial charge in [0.15, 0.2) is 5.82 Å². The molecule has 2 N–H and O–H groups in total. The van der Waals surface area contributed by atoms with Gasteiger partial charge in [-0.3, -0.25) is 4.72 Å². The minimum Gasteiger partial charge on any atom is -0.365 e. The molecule has 2 aromatic carbocycles. The maximum absolute atomic E-state index is 12.9. The largest absolute Gasteiger partial charge is 0.365 e. The molecule has 6 nitrogen and oxygen atoms in total. The molecule has 3 rings (SSSR count). The van der Waals surface area contributed by atoms with Crippen LogP contribution in [0.15, 0.2) is 65.6 Å². The van der Waals surface area contributed by atoms with E-state index < -0.39 is 10.0 Å². The summed E-state index contributed by atoms with van der Waals surface area (Å²) in [5.41, 5.74) is 1.73. The van der Waals surface area contributed by atoms with Crippen LogP contribution in [0.5, 0.6) is 0 Å². The van der Waals surface area contributed by atoms with E-state index in [0.717, 1.165) is 11.1 Å². The summed E-state index contributed by atoms with van der Waals surface area (Å²) in [7, 11) is -3.72. The molecule has 0 fully saturated rings. The van der Waals surface area contributed by atoms with Crippen LogP contribution in [0.25, 0.3) is 0 Å². The van der Waals surface area contributed by atoms with Crippen LogP contribution in [0.2, 0.25) is 0 Å². The number of hydrogen-bond acceptors (Lipinski definition) is 5. The third-order valence-electron chi connectivity index (χ3n) is 3.59. The molecule has 0 aliphatic heterocycles. The molecule has 0 saturated carbocycles. The standard InChI is InChI=1S/C18H17FN4O2S/c1-13-3-2-4-16(11-13)26(24,25)23-18-10-9-17(21-22-18)20-12-14-5-7-15(19)8-6-14/h2-11H,12H2,1H3,(H,20,21)(H,22,23). The molecule has 3 aromatic rings. The van der Waals surface area contributed by atoms with Crippen molar-refractivity contribution in [3.63, 3.8) is 0 Å². The third-order valence-corrected chi connectivity index (χ3v) is 4.94. The number of aryl methyl sites for hydroxylation is 1. The lowest BCUT2D eigenvalue weighted by Gasteiger charge is -2.09. The fraction of sp³-hybridized carbons (Fsp3) is 0.111. The van der Waals surface area contributed by atoms with Crippen molar-refractivity contribution in [2.24, 2.45) is 0 Å². The lowest BCUT2D eigenvalue weighted by atomic mass is 10.2. The Morgan fingerprint density at radius 1 is 0.962 bits per heavy atom. The molecule has 0 spiro atoms. The number of benzene rings is 2. The number of hydrogen-bond donors (Lipinski definition) is 2. The van der Waals surface area contributed by atoms with Crippen molar-refractivity contribution in [3.05, 3.63) is 77.6 Å². The molecule has 134 valence electrons. The zero-order chi connectivity index (χ0) is 18.6. The first-order valence-corrected chi connectivity index (χ1v) is 9.32. The predicted octanol–water partition coefficient (Wildman–Crippen LogP) is 3.34. The van der Waals surface area contributed by atoms with Gasteiger partial charge in [-0.1, -0.05) is 24.3 Å². The fourth-order valence-electron chi connectivity index (χ4n) is 2.25. The smallest absolute Gasteiger partial charge is 0.263 e. The van der Waals surface area contributed by atoms with Gasteiger partial charge in [0, 0.05) is 6.54 Å². The Morgan fingerprint density at radius 3 is 2.31 bits per heavy atom. The maximum Gasteiger partial charge on any atom is 0.263 e. The summed E-state index contributed by atoms with van der Waals surface area (Å²) in [6, 6.07) is 15.8. The van der Waals surface area contributed by atoms with Gasteiger partial charge >= 0.3 is 0 Å². The van der Waals surface area contributed by atoms with Gasteiger partial charge in [0.05, 0.1) is 4.90 Å². The van der Waals surface area contributed by atoms with Crippen molar-refractivity contribution >= 4 is 21.7 Å². The lowest BCUT2D eigenvalue weighted by molar-refractivity contribution is 0.601. The highest BCUT2D eigenvalue weighted by molar-refractivity contribution is 7.92. The van der Waals surface area contributed by atoms with E-state index in [1.807, 2.05) is 13.0 Å². The number of aromatic nitrogens is 2. The van der Waals surface area contributed by atoms with E-state index in [2.05, 4.69) is 20.2 Å². The van der Waals surface area contributed by atoms with Crippen molar-refractivity contribution < 1.29 is 12.8 Å². The van der Waals surface area contributed by atoms with Crippen molar-refractivity contribution in [1.82, 2.24) is 10.2 Å². The van der Waals surface area contributed by atoms with E-state index >= 15 is 0 Å². The Bertz CT molecular complexity index is 990. The predicted molar refractivity (Wildman–Crippen MR) is 97.7 cm³/mol. The van der Waals surface area contributed by atoms with Gasteiger partial charge < -0.3 is 5.32 Å². The SMILES string of the molecule is Cc1cccc(S(=O)(=O)Nc2ccc(NCc3ccc(F)cc3)nn2)c1. The van der Waals surface area contributed by atoms with Crippen LogP contribution in [0.4, 0.5) is 16.0 Å². The molecule has 0 unspecified atom stereocenters. The Kier molecular flexibility index (Phi) is 5.13. The third kappa shape index (κ3) is 4.54. The Balaban J connectivity index is 1.64. The monoisotopic (exact) mass is 372 g/mol. The molecule has 0 aliphatic carbocycles. The minimum absolute atomic E-state index is 0.124. The normalized spacial score (nSPS) is 11.2. The van der Waals surface area contributed by atoms with Gasteiger partial charge in [-0.25, -0.2) is 12.8 Å². The van der Waals surface area contributed by atoms with E-state index in [1.54, 1.807) is 30.3 Å². The van der Waals surface area contributed by atoms with Gasteiger partial charge in [0.2, 0.25) is 0 Å². The average molecular weight is 372 g/mol. The second kappa shape index (κ2) is 7.49. The molecule has 0 aliphatic rings. The number of halogens is 1. The zero-order valence-electron chi connectivity index (χ0n) is 14.0. The quantitative estimate of drug-likeness (QED) is 0.693. The van der Waals surface area contributed by atoms with E-state index in [-0.39, 0.29) is 16.5 Å². The second-order valence-electron chi connectivity index (χ2n) is 5.71. The van der Waals surface area contributed by atoms with Crippen LogP contribution in [0.1, 0.15) is 11.1 Å². The zero-order valence-corrected chi connectivity index (χ0v) is 14.8. The fourth-order valence-corrected chi connectivity index (χ4v) is 3.36. The Hall–Kier alpha value is -3.00. The summed E-state index contributed by atoms with van der Waals surface area (Å²) in [6.45, 7) is 2.27. The molecule has 1 heterocycles. The van der Waals surface area contributed by atoms with Crippen LogP contribution in [-0.4, -0.2) is 18.6 Å². The highest BCUT2D eigenvalue weighted by Gasteiger charge is 2.15. The molecule has 0 saturated heterocycles. The van der Waals surface area contributed by atoms with E-state index in [0.29, 0.717) is 12.4 Å². The molecule has 0 radical (unpaired) electrons. The van der Waals surface area contributed by atoms with Gasteiger partial charge in [0.25, 0.3) is 10.0 Å². The number of anilines is 2. The average Bonchev–Trinajstić information content (AvgIpc) is 2.62. The molecule has 0 bridgehead atoms. The van der Waals surface area contributed by atoms with Crippen LogP contribution in [0.3, 0.4) is 0 Å². The molecule has 1 aromatic heterocycles. The number of sulfonamides is 1. The Morgan fingerprint density at radius 2 is 1.65 bits per heavy atom. The van der Waals surface area contributed by atoms with Crippen molar-refractivity contribution in [2.45, 2.75) is 18.4 Å². The van der Waals surface area contributed by atoms with Gasteiger partial charge in [-0.2, -0.15) is 0 Å². The number of rotatable bonds is 6. The molecule has 26 heavy (non-hydrogen) atoms. The maximum atomic E-state index is 12.9. The van der Waals surface area contributed by atoms with Crippen LogP contribution in [-0.2, 0) is 16.6 Å². The highest BCUT2D eigenvalue weighted by Crippen LogP contribution is 2.16. The molecule has 8 heteroatoms. The van der Waals surface area contributed by atoms with Gasteiger partial charge in [-0.15, -0.1) is 10.2 Å². The van der Waals surface area contributed by atoms with Crippen LogP contribution in [0, 0.1) is 12.7 Å². The first-order chi connectivity index (χ1) is 12.4. The first-order valence-electron chi connectivity index (χ1n) is 7.84. The van der Waals surface area contributed by atoms with E-state index in [9.17, 15) is 12.8 Å². The summed E-state index contributed by atoms with van der Waals surface area (Å²) in [4.78, 5) is 0.165. The minimum atomic E-state index is -3.72. The van der Waals surface area contributed by atoms with Crippen molar-refractivity contribution in [3.8, 4) is 0 Å².